The van der Waals surface area contributed by atoms with Crippen molar-refractivity contribution in [2.24, 2.45) is 5.92 Å². The van der Waals surface area contributed by atoms with Crippen LogP contribution in [0.5, 0.6) is 0 Å². The fraction of sp³-hybridized carbons (Fsp3) is 0.310. The van der Waals surface area contributed by atoms with Crippen LogP contribution >= 0.6 is 11.6 Å². The van der Waals surface area contributed by atoms with E-state index in [0.717, 1.165) is 18.2 Å². The molecule has 1 fully saturated rings. The lowest BCUT2D eigenvalue weighted by molar-refractivity contribution is -0.137. The van der Waals surface area contributed by atoms with Crippen LogP contribution in [0.1, 0.15) is 53.0 Å². The summed E-state index contributed by atoms with van der Waals surface area (Å²) < 4.78 is 53.2. The topological polar surface area (TPSA) is 64.1 Å². The van der Waals surface area contributed by atoms with Gasteiger partial charge in [0.1, 0.15) is 23.2 Å². The summed E-state index contributed by atoms with van der Waals surface area (Å²) in [7, 11) is 0. The predicted molar refractivity (Wildman–Crippen MR) is 134 cm³/mol. The van der Waals surface area contributed by atoms with Gasteiger partial charge in [0.05, 0.1) is 10.6 Å². The Labute approximate surface area is 222 Å². The van der Waals surface area contributed by atoms with E-state index in [9.17, 15) is 31.9 Å². The highest BCUT2D eigenvalue weighted by Crippen LogP contribution is 2.39. The molecule has 198 valence electrons. The van der Waals surface area contributed by atoms with Crippen molar-refractivity contribution in [1.29, 1.82) is 0 Å². The molecule has 4 rings (SSSR count). The zero-order valence-electron chi connectivity index (χ0n) is 20.7. The Balaban J connectivity index is 1.47. The molecule has 0 N–H and O–H groups in total. The summed E-state index contributed by atoms with van der Waals surface area (Å²) in [5.41, 5.74) is 1.96. The van der Waals surface area contributed by atoms with E-state index in [1.54, 1.807) is 26.0 Å². The maximum atomic E-state index is 14.4. The van der Waals surface area contributed by atoms with Gasteiger partial charge in [-0.05, 0) is 66.8 Å². The van der Waals surface area contributed by atoms with Gasteiger partial charge in [-0.15, -0.1) is 0 Å². The van der Waals surface area contributed by atoms with Crippen molar-refractivity contribution in [3.63, 3.8) is 0 Å². The molecular weight excluding hydrogens is 522 g/mol. The van der Waals surface area contributed by atoms with Crippen LogP contribution in [0.3, 0.4) is 0 Å². The smallest absolute Gasteiger partial charge is 0.300 e. The molecule has 1 saturated carbocycles. The second kappa shape index (κ2) is 10.8. The molecule has 2 aromatic carbocycles. The number of hydrogen-bond donors (Lipinski definition) is 0. The van der Waals surface area contributed by atoms with E-state index in [-0.39, 0.29) is 53.7 Å². The first kappa shape index (κ1) is 27.6. The number of rotatable bonds is 7. The fourth-order valence-electron chi connectivity index (χ4n) is 5.09. The van der Waals surface area contributed by atoms with Crippen LogP contribution in [-0.4, -0.2) is 22.3 Å². The molecule has 0 bridgehead atoms. The standard InChI is InChI=1S/C29H24ClF4NO3/c1-15-8-18(27-23(31)13-21(30)14-35-27)9-16(2)25(15)26-24(37)12-19(28(26)38)11-22(36)7-6-17-4-3-5-20(10-17)29(32,33)34/h3-5,8-10,13-14,19,26H,6-7,11-12H2,1-2H3. The number of hydrogen-bond acceptors (Lipinski definition) is 4. The second-order valence-electron chi connectivity index (χ2n) is 9.65. The van der Waals surface area contributed by atoms with Crippen LogP contribution in [-0.2, 0) is 27.0 Å². The molecule has 2 unspecified atom stereocenters. The number of nitrogens with zero attached hydrogens (tertiary/aromatic N) is 1. The first-order valence-corrected chi connectivity index (χ1v) is 12.4. The van der Waals surface area contributed by atoms with E-state index < -0.39 is 29.4 Å². The molecule has 0 spiro atoms. The number of halogens is 5. The molecule has 0 aliphatic heterocycles. The minimum Gasteiger partial charge on any atom is -0.300 e. The number of Topliss-reactive ketones (excluding diaryl/α,β-unsaturated/α-hetero) is 3. The number of ketones is 3. The molecule has 2 atom stereocenters. The minimum absolute atomic E-state index is 0.0314. The first-order chi connectivity index (χ1) is 17.8. The van der Waals surface area contributed by atoms with Crippen molar-refractivity contribution in [3.8, 4) is 11.3 Å². The lowest BCUT2D eigenvalue weighted by Gasteiger charge is -2.17. The van der Waals surface area contributed by atoms with Crippen LogP contribution < -0.4 is 0 Å². The van der Waals surface area contributed by atoms with E-state index in [1.165, 1.54) is 18.3 Å². The molecule has 1 aromatic heterocycles. The van der Waals surface area contributed by atoms with Crippen molar-refractivity contribution in [2.45, 2.75) is 51.6 Å². The second-order valence-corrected chi connectivity index (χ2v) is 10.1. The Morgan fingerprint density at radius 2 is 1.76 bits per heavy atom. The zero-order chi connectivity index (χ0) is 27.8. The van der Waals surface area contributed by atoms with Gasteiger partial charge in [0, 0.05) is 36.9 Å². The highest BCUT2D eigenvalue weighted by Gasteiger charge is 2.43. The summed E-state index contributed by atoms with van der Waals surface area (Å²) in [6.45, 7) is 3.46. The van der Waals surface area contributed by atoms with Crippen LogP contribution in [0.2, 0.25) is 5.02 Å². The van der Waals surface area contributed by atoms with Gasteiger partial charge in [0.25, 0.3) is 0 Å². The maximum Gasteiger partial charge on any atom is 0.416 e. The number of carbonyl (C=O) groups is 3. The summed E-state index contributed by atoms with van der Waals surface area (Å²) in [6, 6.07) is 9.26. The van der Waals surface area contributed by atoms with Crippen molar-refractivity contribution >= 4 is 29.0 Å². The Hall–Kier alpha value is -3.39. The molecule has 1 aliphatic carbocycles. The third kappa shape index (κ3) is 5.85. The van der Waals surface area contributed by atoms with Crippen molar-refractivity contribution in [1.82, 2.24) is 4.98 Å². The van der Waals surface area contributed by atoms with Gasteiger partial charge in [0.2, 0.25) is 0 Å². The summed E-state index contributed by atoms with van der Waals surface area (Å²) in [5, 5.41) is 0.161. The lowest BCUT2D eigenvalue weighted by Crippen LogP contribution is -2.19. The molecule has 1 heterocycles. The van der Waals surface area contributed by atoms with Crippen molar-refractivity contribution < 1.29 is 31.9 Å². The first-order valence-electron chi connectivity index (χ1n) is 12.0. The molecular formula is C29H24ClF4NO3. The Morgan fingerprint density at radius 3 is 2.39 bits per heavy atom. The van der Waals surface area contributed by atoms with E-state index in [1.807, 2.05) is 0 Å². The van der Waals surface area contributed by atoms with Gasteiger partial charge in [-0.25, -0.2) is 4.39 Å². The number of benzene rings is 2. The normalized spacial score (nSPS) is 17.8. The monoisotopic (exact) mass is 545 g/mol. The number of aromatic nitrogens is 1. The highest BCUT2D eigenvalue weighted by molar-refractivity contribution is 6.30. The van der Waals surface area contributed by atoms with Crippen LogP contribution in [0.15, 0.2) is 48.7 Å². The fourth-order valence-corrected chi connectivity index (χ4v) is 5.23. The Kier molecular flexibility index (Phi) is 7.83. The minimum atomic E-state index is -4.47. The molecule has 0 saturated heterocycles. The molecule has 9 heteroatoms. The van der Waals surface area contributed by atoms with Gasteiger partial charge in [-0.3, -0.25) is 19.4 Å². The molecule has 4 nitrogen and oxygen atoms in total. The highest BCUT2D eigenvalue weighted by atomic mass is 35.5. The lowest BCUT2D eigenvalue weighted by atomic mass is 9.85. The molecule has 0 amide bonds. The van der Waals surface area contributed by atoms with E-state index >= 15 is 0 Å². The zero-order valence-corrected chi connectivity index (χ0v) is 21.4. The molecule has 3 aromatic rings. The number of carbonyl (C=O) groups excluding carboxylic acids is 3. The number of pyridine rings is 1. The Bertz CT molecular complexity index is 1410. The van der Waals surface area contributed by atoms with Crippen LogP contribution in [0.25, 0.3) is 11.3 Å². The quantitative estimate of drug-likeness (QED) is 0.237. The number of alkyl halides is 3. The average molecular weight is 546 g/mol. The van der Waals surface area contributed by atoms with Crippen LogP contribution in [0, 0.1) is 25.6 Å². The van der Waals surface area contributed by atoms with E-state index in [2.05, 4.69) is 4.98 Å². The summed E-state index contributed by atoms with van der Waals surface area (Å²) in [6.07, 6.45) is -3.29. The Morgan fingerprint density at radius 1 is 1.08 bits per heavy atom. The third-order valence-electron chi connectivity index (χ3n) is 6.84. The molecule has 38 heavy (non-hydrogen) atoms. The molecule has 0 radical (unpaired) electrons. The predicted octanol–water partition coefficient (Wildman–Crippen LogP) is 7.01. The maximum absolute atomic E-state index is 14.4. The van der Waals surface area contributed by atoms with Crippen molar-refractivity contribution in [2.75, 3.05) is 0 Å². The number of aryl methyl sites for hydroxylation is 3. The van der Waals surface area contributed by atoms with Gasteiger partial charge in [-0.2, -0.15) is 13.2 Å². The van der Waals surface area contributed by atoms with Crippen LogP contribution in [0.4, 0.5) is 17.6 Å². The summed E-state index contributed by atoms with van der Waals surface area (Å²) in [5.74, 6) is -3.33. The average Bonchev–Trinajstić information content (AvgIpc) is 3.09. The SMILES string of the molecule is Cc1cc(-c2ncc(Cl)cc2F)cc(C)c1C1C(=O)CC(CC(=O)CCc2cccc(C(F)(F)F)c2)C1=O. The van der Waals surface area contributed by atoms with E-state index in [4.69, 9.17) is 11.6 Å². The van der Waals surface area contributed by atoms with Gasteiger partial charge < -0.3 is 0 Å². The largest absolute Gasteiger partial charge is 0.416 e. The third-order valence-corrected chi connectivity index (χ3v) is 7.05. The summed E-state index contributed by atoms with van der Waals surface area (Å²) in [4.78, 5) is 42.8. The van der Waals surface area contributed by atoms with Gasteiger partial charge in [0.15, 0.2) is 11.6 Å². The summed E-state index contributed by atoms with van der Waals surface area (Å²) >= 11 is 5.79. The van der Waals surface area contributed by atoms with Gasteiger partial charge in [-0.1, -0.05) is 29.8 Å². The van der Waals surface area contributed by atoms with E-state index in [0.29, 0.717) is 27.8 Å². The molecule has 1 aliphatic rings. The van der Waals surface area contributed by atoms with Crippen molar-refractivity contribution in [3.05, 3.63) is 87.3 Å². The van der Waals surface area contributed by atoms with Gasteiger partial charge >= 0.3 is 6.18 Å².